The van der Waals surface area contributed by atoms with Crippen LogP contribution in [0.4, 0.5) is 15.8 Å². The first-order valence-corrected chi connectivity index (χ1v) is 11.5. The van der Waals surface area contributed by atoms with Crippen LogP contribution in [0.15, 0.2) is 77.9 Å². The Morgan fingerprint density at radius 1 is 1.15 bits per heavy atom. The minimum absolute atomic E-state index is 0.0322. The van der Waals surface area contributed by atoms with E-state index in [9.17, 15) is 14.0 Å². The van der Waals surface area contributed by atoms with Crippen LogP contribution < -0.4 is 5.32 Å². The smallest absolute Gasteiger partial charge is 0.242 e. The van der Waals surface area contributed by atoms with E-state index in [1.54, 1.807) is 35.4 Å². The topological polar surface area (TPSA) is 74.7 Å². The fourth-order valence-corrected chi connectivity index (χ4v) is 4.64. The molecule has 2 heterocycles. The first-order chi connectivity index (χ1) is 16.0. The van der Waals surface area contributed by atoms with Crippen LogP contribution in [0.1, 0.15) is 12.1 Å². The Morgan fingerprint density at radius 3 is 2.70 bits per heavy atom. The number of amidine groups is 1. The van der Waals surface area contributed by atoms with Crippen molar-refractivity contribution in [3.8, 4) is 0 Å². The molecule has 1 aliphatic heterocycles. The average Bonchev–Trinajstić information content (AvgIpc) is 3.08. The normalized spacial score (nSPS) is 16.9. The first-order valence-electron chi connectivity index (χ1n) is 10.3. The fraction of sp³-hybridized carbons (Fsp3) is 0.167. The van der Waals surface area contributed by atoms with Crippen molar-refractivity contribution in [2.75, 3.05) is 11.9 Å². The SMILES string of the molecule is O=C(CC1SC(=Nc2cccc(Cl)c2)N(CCc2ccccn2)C1=O)Nc1ccc(F)cc1. The van der Waals surface area contributed by atoms with Crippen LogP contribution in [0.3, 0.4) is 0 Å². The monoisotopic (exact) mass is 482 g/mol. The molecule has 1 aliphatic rings. The Bertz CT molecular complexity index is 1170. The molecule has 0 radical (unpaired) electrons. The fourth-order valence-electron chi connectivity index (χ4n) is 3.27. The van der Waals surface area contributed by atoms with Crippen LogP contribution in [0.5, 0.6) is 0 Å². The molecule has 6 nitrogen and oxygen atoms in total. The van der Waals surface area contributed by atoms with Gasteiger partial charge in [-0.3, -0.25) is 19.5 Å². The van der Waals surface area contributed by atoms with Crippen molar-refractivity contribution in [1.29, 1.82) is 0 Å². The van der Waals surface area contributed by atoms with Crippen molar-refractivity contribution < 1.29 is 14.0 Å². The van der Waals surface area contributed by atoms with Gasteiger partial charge in [0.25, 0.3) is 0 Å². The zero-order chi connectivity index (χ0) is 23.2. The van der Waals surface area contributed by atoms with Crippen molar-refractivity contribution in [2.24, 2.45) is 4.99 Å². The second-order valence-corrected chi connectivity index (χ2v) is 8.91. The Kier molecular flexibility index (Phi) is 7.36. The standard InChI is InChI=1S/C24H20ClFN4O2S/c25-16-4-3-6-20(14-16)29-24-30(13-11-18-5-1-2-12-27-18)23(32)21(33-24)15-22(31)28-19-9-7-17(26)8-10-19/h1-10,12,14,21H,11,13,15H2,(H,28,31). The number of benzene rings is 2. The maximum atomic E-state index is 13.2. The van der Waals surface area contributed by atoms with Gasteiger partial charge in [0.05, 0.1) is 5.69 Å². The summed E-state index contributed by atoms with van der Waals surface area (Å²) in [5, 5.41) is 3.14. The number of hydrogen-bond donors (Lipinski definition) is 1. The van der Waals surface area contributed by atoms with Crippen molar-refractivity contribution >= 4 is 51.7 Å². The lowest BCUT2D eigenvalue weighted by Gasteiger charge is -2.16. The van der Waals surface area contributed by atoms with Crippen molar-refractivity contribution in [2.45, 2.75) is 18.1 Å². The summed E-state index contributed by atoms with van der Waals surface area (Å²) < 4.78 is 13.1. The van der Waals surface area contributed by atoms with Gasteiger partial charge in [-0.25, -0.2) is 9.38 Å². The van der Waals surface area contributed by atoms with E-state index >= 15 is 0 Å². The van der Waals surface area contributed by atoms with E-state index in [-0.39, 0.29) is 24.1 Å². The van der Waals surface area contributed by atoms with E-state index in [1.807, 2.05) is 18.2 Å². The lowest BCUT2D eigenvalue weighted by atomic mass is 10.2. The predicted octanol–water partition coefficient (Wildman–Crippen LogP) is 5.08. The Balaban J connectivity index is 1.50. The number of carbonyl (C=O) groups is 2. The highest BCUT2D eigenvalue weighted by molar-refractivity contribution is 8.15. The molecule has 1 fully saturated rings. The summed E-state index contributed by atoms with van der Waals surface area (Å²) >= 11 is 7.33. The molecule has 1 aromatic heterocycles. The van der Waals surface area contributed by atoms with Crippen LogP contribution in [0.25, 0.3) is 0 Å². The van der Waals surface area contributed by atoms with E-state index in [4.69, 9.17) is 11.6 Å². The number of aliphatic imine (C=N–C) groups is 1. The van der Waals surface area contributed by atoms with E-state index in [2.05, 4.69) is 15.3 Å². The number of rotatable bonds is 7. The molecule has 1 N–H and O–H groups in total. The molecular weight excluding hydrogens is 463 g/mol. The molecule has 1 unspecified atom stereocenters. The van der Waals surface area contributed by atoms with Gasteiger partial charge >= 0.3 is 0 Å². The molecule has 2 amide bonds. The van der Waals surface area contributed by atoms with Gasteiger partial charge in [-0.2, -0.15) is 0 Å². The third-order valence-electron chi connectivity index (χ3n) is 4.87. The Labute approximate surface area is 199 Å². The summed E-state index contributed by atoms with van der Waals surface area (Å²) in [5.74, 6) is -0.910. The zero-order valence-corrected chi connectivity index (χ0v) is 19.0. The van der Waals surface area contributed by atoms with E-state index in [0.717, 1.165) is 5.69 Å². The van der Waals surface area contributed by atoms with Crippen molar-refractivity contribution in [3.05, 3.63) is 89.5 Å². The van der Waals surface area contributed by atoms with Crippen LogP contribution in [-0.2, 0) is 16.0 Å². The highest BCUT2D eigenvalue weighted by Gasteiger charge is 2.39. The van der Waals surface area contributed by atoms with Crippen LogP contribution in [0, 0.1) is 5.82 Å². The number of hydrogen-bond acceptors (Lipinski definition) is 5. The van der Waals surface area contributed by atoms with Crippen LogP contribution >= 0.6 is 23.4 Å². The number of aromatic nitrogens is 1. The number of anilines is 1. The van der Waals surface area contributed by atoms with Crippen LogP contribution in [-0.4, -0.2) is 38.7 Å². The van der Waals surface area contributed by atoms with Gasteiger partial charge < -0.3 is 5.32 Å². The van der Waals surface area contributed by atoms with Gasteiger partial charge in [0.2, 0.25) is 11.8 Å². The molecule has 1 saturated heterocycles. The van der Waals surface area contributed by atoms with Gasteiger partial charge in [-0.05, 0) is 54.6 Å². The largest absolute Gasteiger partial charge is 0.326 e. The van der Waals surface area contributed by atoms with Gasteiger partial charge in [-0.1, -0.05) is 35.5 Å². The number of halogens is 2. The number of pyridine rings is 1. The predicted molar refractivity (Wildman–Crippen MR) is 129 cm³/mol. The summed E-state index contributed by atoms with van der Waals surface area (Å²) in [6.07, 6.45) is 2.23. The molecule has 2 aromatic carbocycles. The third kappa shape index (κ3) is 6.18. The molecule has 3 aromatic rings. The summed E-state index contributed by atoms with van der Waals surface area (Å²) in [6.45, 7) is 0.387. The lowest BCUT2D eigenvalue weighted by Crippen LogP contribution is -2.35. The lowest BCUT2D eigenvalue weighted by molar-refractivity contribution is -0.128. The molecule has 0 saturated carbocycles. The highest BCUT2D eigenvalue weighted by Crippen LogP contribution is 2.32. The van der Waals surface area contributed by atoms with Gasteiger partial charge in [0.1, 0.15) is 11.1 Å². The summed E-state index contributed by atoms with van der Waals surface area (Å²) in [6, 6.07) is 18.2. The molecule has 168 valence electrons. The zero-order valence-electron chi connectivity index (χ0n) is 17.4. The molecule has 1 atom stereocenters. The average molecular weight is 483 g/mol. The molecule has 33 heavy (non-hydrogen) atoms. The van der Waals surface area contributed by atoms with Gasteiger partial charge in [-0.15, -0.1) is 0 Å². The Hall–Kier alpha value is -3.23. The minimum Gasteiger partial charge on any atom is -0.326 e. The minimum atomic E-state index is -0.618. The van der Waals surface area contributed by atoms with Gasteiger partial charge in [0, 0.05) is 42.0 Å². The maximum absolute atomic E-state index is 13.2. The van der Waals surface area contributed by atoms with Crippen molar-refractivity contribution in [3.63, 3.8) is 0 Å². The highest BCUT2D eigenvalue weighted by atomic mass is 35.5. The number of nitrogens with one attached hydrogen (secondary N) is 1. The summed E-state index contributed by atoms with van der Waals surface area (Å²) in [5.41, 5.74) is 1.95. The van der Waals surface area contributed by atoms with E-state index in [0.29, 0.717) is 34.5 Å². The summed E-state index contributed by atoms with van der Waals surface area (Å²) in [4.78, 5) is 36.2. The summed E-state index contributed by atoms with van der Waals surface area (Å²) in [7, 11) is 0. The molecule has 0 bridgehead atoms. The molecular formula is C24H20ClFN4O2S. The molecule has 0 aliphatic carbocycles. The Morgan fingerprint density at radius 2 is 1.97 bits per heavy atom. The van der Waals surface area contributed by atoms with Crippen molar-refractivity contribution in [1.82, 2.24) is 9.88 Å². The third-order valence-corrected chi connectivity index (χ3v) is 6.28. The molecule has 9 heteroatoms. The van der Waals surface area contributed by atoms with E-state index < -0.39 is 5.25 Å². The second-order valence-electron chi connectivity index (χ2n) is 7.30. The number of nitrogens with zero attached hydrogens (tertiary/aromatic N) is 3. The quantitative estimate of drug-likeness (QED) is 0.509. The molecule has 4 rings (SSSR count). The maximum Gasteiger partial charge on any atom is 0.242 e. The van der Waals surface area contributed by atoms with E-state index in [1.165, 1.54) is 36.0 Å². The number of amides is 2. The second kappa shape index (κ2) is 10.6. The van der Waals surface area contributed by atoms with Gasteiger partial charge in [0.15, 0.2) is 5.17 Å². The number of thioether (sulfide) groups is 1. The first kappa shape index (κ1) is 22.9. The van der Waals surface area contributed by atoms with Crippen LogP contribution in [0.2, 0.25) is 5.02 Å². The molecule has 0 spiro atoms. The number of carbonyl (C=O) groups excluding carboxylic acids is 2.